The number of methoxy groups -OCH3 is 1. The highest BCUT2D eigenvalue weighted by Gasteiger charge is 2.28. The summed E-state index contributed by atoms with van der Waals surface area (Å²) in [5, 5.41) is 4.35. The summed E-state index contributed by atoms with van der Waals surface area (Å²) in [7, 11) is 1.51. The van der Waals surface area contributed by atoms with Gasteiger partial charge in [0, 0.05) is 13.5 Å². The Bertz CT molecular complexity index is 635. The van der Waals surface area contributed by atoms with E-state index in [9.17, 15) is 0 Å². The number of rotatable bonds is 3. The summed E-state index contributed by atoms with van der Waals surface area (Å²) in [6.07, 6.45) is 1.24. The van der Waals surface area contributed by atoms with Gasteiger partial charge in [0.05, 0.1) is 26.5 Å². The highest BCUT2D eigenvalue weighted by Crippen LogP contribution is 2.29. The molecule has 21 heavy (non-hydrogen) atoms. The largest absolute Gasteiger partial charge is 0.467 e. The molecule has 0 saturated carbocycles. The van der Waals surface area contributed by atoms with Crippen molar-refractivity contribution >= 4 is 17.4 Å². The lowest BCUT2D eigenvalue weighted by molar-refractivity contribution is 0.0323. The Morgan fingerprint density at radius 3 is 3.00 bits per heavy atom. The molecule has 1 saturated heterocycles. The SMILES string of the molecule is COc1ncc(Cl)c(N2CCOC(c3noc(C)n3)C2)n1. The van der Waals surface area contributed by atoms with Gasteiger partial charge in [0.1, 0.15) is 11.1 Å². The molecule has 0 spiro atoms. The minimum atomic E-state index is -0.284. The van der Waals surface area contributed by atoms with E-state index in [0.717, 1.165) is 0 Å². The molecular weight excluding hydrogens is 298 g/mol. The van der Waals surface area contributed by atoms with E-state index in [1.54, 1.807) is 6.92 Å². The molecule has 0 amide bonds. The third-order valence-electron chi connectivity index (χ3n) is 3.08. The molecule has 0 aromatic carbocycles. The van der Waals surface area contributed by atoms with Crippen molar-refractivity contribution in [2.75, 3.05) is 31.7 Å². The fourth-order valence-corrected chi connectivity index (χ4v) is 2.32. The zero-order chi connectivity index (χ0) is 14.8. The van der Waals surface area contributed by atoms with Crippen molar-refractivity contribution in [1.82, 2.24) is 20.1 Å². The quantitative estimate of drug-likeness (QED) is 0.841. The standard InChI is InChI=1S/C12H14ClN5O3/c1-7-15-10(17-21-7)9-6-18(3-4-20-9)11-8(13)5-14-12(16-11)19-2/h5,9H,3-4,6H2,1-2H3. The minimum absolute atomic E-state index is 0.271. The van der Waals surface area contributed by atoms with E-state index in [0.29, 0.717) is 42.3 Å². The molecule has 9 heteroatoms. The molecule has 2 aromatic heterocycles. The van der Waals surface area contributed by atoms with Gasteiger partial charge in [-0.1, -0.05) is 16.8 Å². The number of hydrogen-bond donors (Lipinski definition) is 0. The van der Waals surface area contributed by atoms with E-state index < -0.39 is 0 Å². The van der Waals surface area contributed by atoms with Gasteiger partial charge in [-0.2, -0.15) is 9.97 Å². The molecule has 0 N–H and O–H groups in total. The topological polar surface area (TPSA) is 86.4 Å². The van der Waals surface area contributed by atoms with Gasteiger partial charge in [0.25, 0.3) is 0 Å². The van der Waals surface area contributed by atoms with Gasteiger partial charge in [-0.25, -0.2) is 4.98 Å². The number of anilines is 1. The predicted octanol–water partition coefficient (Wildman–Crippen LogP) is 1.41. The van der Waals surface area contributed by atoms with Gasteiger partial charge in [0.15, 0.2) is 5.82 Å². The van der Waals surface area contributed by atoms with Crippen LogP contribution < -0.4 is 9.64 Å². The van der Waals surface area contributed by atoms with Gasteiger partial charge in [-0.05, 0) is 0 Å². The molecule has 0 bridgehead atoms. The smallest absolute Gasteiger partial charge is 0.318 e. The van der Waals surface area contributed by atoms with Crippen LogP contribution in [0, 0.1) is 6.92 Å². The number of aryl methyl sites for hydroxylation is 1. The summed E-state index contributed by atoms with van der Waals surface area (Å²) in [5.41, 5.74) is 0. The normalized spacial score (nSPS) is 18.8. The van der Waals surface area contributed by atoms with Crippen LogP contribution in [0.15, 0.2) is 10.7 Å². The van der Waals surface area contributed by atoms with E-state index in [-0.39, 0.29) is 12.1 Å². The average molecular weight is 312 g/mol. The van der Waals surface area contributed by atoms with Crippen LogP contribution in [0.3, 0.4) is 0 Å². The molecular formula is C12H14ClN5O3. The van der Waals surface area contributed by atoms with Crippen LogP contribution in [-0.2, 0) is 4.74 Å². The Labute approximate surface area is 126 Å². The Hall–Kier alpha value is -1.93. The Kier molecular flexibility index (Phi) is 3.89. The predicted molar refractivity (Wildman–Crippen MR) is 73.5 cm³/mol. The van der Waals surface area contributed by atoms with Crippen molar-refractivity contribution in [1.29, 1.82) is 0 Å². The summed E-state index contributed by atoms with van der Waals surface area (Å²) in [5.74, 6) is 1.64. The van der Waals surface area contributed by atoms with Gasteiger partial charge in [0.2, 0.25) is 11.7 Å². The number of halogens is 1. The number of ether oxygens (including phenoxy) is 2. The fourth-order valence-electron chi connectivity index (χ4n) is 2.11. The zero-order valence-electron chi connectivity index (χ0n) is 11.6. The van der Waals surface area contributed by atoms with Gasteiger partial charge in [-0.15, -0.1) is 0 Å². The molecule has 3 rings (SSSR count). The molecule has 1 fully saturated rings. The molecule has 0 aliphatic carbocycles. The molecule has 1 unspecified atom stereocenters. The second-order valence-electron chi connectivity index (χ2n) is 4.51. The first-order valence-corrected chi connectivity index (χ1v) is 6.78. The second kappa shape index (κ2) is 5.82. The van der Waals surface area contributed by atoms with E-state index in [4.69, 9.17) is 25.6 Å². The molecule has 1 aliphatic heterocycles. The van der Waals surface area contributed by atoms with Crippen LogP contribution in [0.2, 0.25) is 5.02 Å². The van der Waals surface area contributed by atoms with Crippen LogP contribution in [0.1, 0.15) is 17.8 Å². The van der Waals surface area contributed by atoms with Crippen LogP contribution in [0.5, 0.6) is 6.01 Å². The van der Waals surface area contributed by atoms with Crippen molar-refractivity contribution in [3.8, 4) is 6.01 Å². The highest BCUT2D eigenvalue weighted by atomic mass is 35.5. The van der Waals surface area contributed by atoms with Crippen molar-refractivity contribution in [3.63, 3.8) is 0 Å². The van der Waals surface area contributed by atoms with E-state index in [2.05, 4.69) is 20.1 Å². The minimum Gasteiger partial charge on any atom is -0.467 e. The summed E-state index contributed by atoms with van der Waals surface area (Å²) < 4.78 is 15.7. The van der Waals surface area contributed by atoms with Crippen LogP contribution in [0.4, 0.5) is 5.82 Å². The summed E-state index contributed by atoms with van der Waals surface area (Å²) in [4.78, 5) is 14.4. The molecule has 1 atom stereocenters. The lowest BCUT2D eigenvalue weighted by Crippen LogP contribution is -2.39. The molecule has 112 valence electrons. The highest BCUT2D eigenvalue weighted by molar-refractivity contribution is 6.32. The van der Waals surface area contributed by atoms with E-state index in [1.165, 1.54) is 13.3 Å². The van der Waals surface area contributed by atoms with Crippen molar-refractivity contribution < 1.29 is 14.0 Å². The summed E-state index contributed by atoms with van der Waals surface area (Å²) >= 11 is 6.17. The Balaban J connectivity index is 1.83. The first-order chi connectivity index (χ1) is 10.2. The molecule has 0 radical (unpaired) electrons. The van der Waals surface area contributed by atoms with E-state index >= 15 is 0 Å². The van der Waals surface area contributed by atoms with Gasteiger partial charge < -0.3 is 18.9 Å². The van der Waals surface area contributed by atoms with Crippen molar-refractivity contribution in [3.05, 3.63) is 22.9 Å². The van der Waals surface area contributed by atoms with Crippen molar-refractivity contribution in [2.24, 2.45) is 0 Å². The summed E-state index contributed by atoms with van der Waals surface area (Å²) in [6.45, 7) is 3.44. The fraction of sp³-hybridized carbons (Fsp3) is 0.500. The maximum atomic E-state index is 6.17. The first-order valence-electron chi connectivity index (χ1n) is 6.40. The summed E-state index contributed by atoms with van der Waals surface area (Å²) in [6, 6.07) is 0.271. The Morgan fingerprint density at radius 1 is 1.43 bits per heavy atom. The van der Waals surface area contributed by atoms with Gasteiger partial charge in [-0.3, -0.25) is 0 Å². The van der Waals surface area contributed by atoms with Gasteiger partial charge >= 0.3 is 6.01 Å². The molecule has 8 nitrogen and oxygen atoms in total. The van der Waals surface area contributed by atoms with Crippen molar-refractivity contribution in [2.45, 2.75) is 13.0 Å². The molecule has 2 aromatic rings. The molecule has 1 aliphatic rings. The average Bonchev–Trinajstić information content (AvgIpc) is 2.94. The zero-order valence-corrected chi connectivity index (χ0v) is 12.4. The van der Waals surface area contributed by atoms with E-state index in [1.807, 2.05) is 4.90 Å². The molecule has 3 heterocycles. The Morgan fingerprint density at radius 2 is 2.29 bits per heavy atom. The van der Waals surface area contributed by atoms with Crippen LogP contribution in [-0.4, -0.2) is 46.9 Å². The number of hydrogen-bond acceptors (Lipinski definition) is 8. The maximum absolute atomic E-state index is 6.17. The number of aromatic nitrogens is 4. The number of nitrogens with zero attached hydrogens (tertiary/aromatic N) is 5. The third-order valence-corrected chi connectivity index (χ3v) is 3.35. The lowest BCUT2D eigenvalue weighted by Gasteiger charge is -2.32. The lowest BCUT2D eigenvalue weighted by atomic mass is 10.2. The second-order valence-corrected chi connectivity index (χ2v) is 4.91. The van der Waals surface area contributed by atoms with Crippen LogP contribution >= 0.6 is 11.6 Å². The number of morpholine rings is 1. The third kappa shape index (κ3) is 2.91. The van der Waals surface area contributed by atoms with Crippen LogP contribution in [0.25, 0.3) is 0 Å². The maximum Gasteiger partial charge on any atom is 0.318 e. The first kappa shape index (κ1) is 14.0. The monoisotopic (exact) mass is 311 g/mol.